The van der Waals surface area contributed by atoms with Crippen LogP contribution in [0, 0.1) is 0 Å². The van der Waals surface area contributed by atoms with Gasteiger partial charge in [-0.15, -0.1) is 0 Å². The van der Waals surface area contributed by atoms with Gasteiger partial charge in [-0.25, -0.2) is 13.4 Å². The van der Waals surface area contributed by atoms with Crippen LogP contribution >= 0.6 is 0 Å². The first-order chi connectivity index (χ1) is 14.3. The fraction of sp³-hybridized carbons (Fsp3) is 0.455. The van der Waals surface area contributed by atoms with Gasteiger partial charge in [0.05, 0.1) is 23.1 Å². The Kier molecular flexibility index (Phi) is 5.69. The van der Waals surface area contributed by atoms with E-state index >= 15 is 0 Å². The van der Waals surface area contributed by atoms with Gasteiger partial charge in [0.25, 0.3) is 5.91 Å². The fourth-order valence-electron chi connectivity index (χ4n) is 4.18. The van der Waals surface area contributed by atoms with Crippen molar-refractivity contribution in [2.24, 2.45) is 0 Å². The first-order valence-corrected chi connectivity index (χ1v) is 12.2. The smallest absolute Gasteiger partial charge is 0.255 e. The Bertz CT molecular complexity index is 1010. The summed E-state index contributed by atoms with van der Waals surface area (Å²) in [4.78, 5) is 23.3. The minimum absolute atomic E-state index is 0.0335. The van der Waals surface area contributed by atoms with Gasteiger partial charge in [-0.2, -0.15) is 0 Å². The van der Waals surface area contributed by atoms with Crippen molar-refractivity contribution in [3.63, 3.8) is 0 Å². The number of rotatable bonds is 4. The maximum atomic E-state index is 12.7. The molecule has 0 N–H and O–H groups in total. The Labute approximate surface area is 178 Å². The Morgan fingerprint density at radius 3 is 2.53 bits per heavy atom. The van der Waals surface area contributed by atoms with Gasteiger partial charge in [0.1, 0.15) is 5.82 Å². The van der Waals surface area contributed by atoms with Crippen molar-refractivity contribution in [2.75, 3.05) is 55.0 Å². The molecule has 2 saturated heterocycles. The summed E-state index contributed by atoms with van der Waals surface area (Å²) in [5.74, 6) is 0.781. The molecule has 1 aromatic heterocycles. The van der Waals surface area contributed by atoms with E-state index in [1.807, 2.05) is 20.2 Å². The van der Waals surface area contributed by atoms with Crippen LogP contribution in [0.2, 0.25) is 0 Å². The molecule has 3 heterocycles. The van der Waals surface area contributed by atoms with Crippen LogP contribution in [0.25, 0.3) is 0 Å². The molecule has 160 valence electrons. The van der Waals surface area contributed by atoms with Crippen molar-refractivity contribution >= 4 is 27.2 Å². The second-order valence-corrected chi connectivity index (χ2v) is 10.5. The van der Waals surface area contributed by atoms with Gasteiger partial charge in [-0.1, -0.05) is 12.1 Å². The molecule has 0 saturated carbocycles. The summed E-state index contributed by atoms with van der Waals surface area (Å²) in [6.45, 7) is 1.43. The van der Waals surface area contributed by atoms with Crippen LogP contribution in [0.4, 0.5) is 11.5 Å². The molecule has 8 heteroatoms. The number of anilines is 2. The number of carbonyl (C=O) groups excluding carboxylic acids is 1. The van der Waals surface area contributed by atoms with E-state index < -0.39 is 9.84 Å². The summed E-state index contributed by atoms with van der Waals surface area (Å²) in [5, 5.41) is 0. The molecule has 0 bridgehead atoms. The predicted molar refractivity (Wildman–Crippen MR) is 119 cm³/mol. The summed E-state index contributed by atoms with van der Waals surface area (Å²) >= 11 is 0. The molecule has 1 amide bonds. The molecule has 2 aromatic rings. The zero-order chi connectivity index (χ0) is 21.3. The largest absolute Gasteiger partial charge is 0.378 e. The quantitative estimate of drug-likeness (QED) is 0.744. The van der Waals surface area contributed by atoms with E-state index in [-0.39, 0.29) is 36.5 Å². The SMILES string of the molecule is CN(C)c1cccc(C2CCCN2c2ccc(C(=O)N3CCS(=O)(=O)CC3)cn2)c1. The van der Waals surface area contributed by atoms with Crippen LogP contribution in [0.1, 0.15) is 34.8 Å². The lowest BCUT2D eigenvalue weighted by molar-refractivity contribution is 0.0770. The zero-order valence-electron chi connectivity index (χ0n) is 17.5. The standard InChI is InChI=1S/C22H28N4O3S/c1-24(2)19-6-3-5-17(15-19)20-7-4-10-26(20)21-9-8-18(16-23-21)22(27)25-11-13-30(28,29)14-12-25/h3,5-6,8-9,15-16,20H,4,7,10-14H2,1-2H3. The highest BCUT2D eigenvalue weighted by Crippen LogP contribution is 2.36. The van der Waals surface area contributed by atoms with E-state index in [1.165, 1.54) is 11.3 Å². The van der Waals surface area contributed by atoms with Crippen molar-refractivity contribution in [2.45, 2.75) is 18.9 Å². The minimum Gasteiger partial charge on any atom is -0.378 e. The van der Waals surface area contributed by atoms with E-state index in [0.717, 1.165) is 25.2 Å². The van der Waals surface area contributed by atoms with Gasteiger partial charge in [-0.3, -0.25) is 4.79 Å². The molecule has 2 aliphatic heterocycles. The molecular weight excluding hydrogens is 400 g/mol. The second kappa shape index (κ2) is 8.26. The topological polar surface area (TPSA) is 73.8 Å². The molecule has 2 fully saturated rings. The highest BCUT2D eigenvalue weighted by molar-refractivity contribution is 7.91. The summed E-state index contributed by atoms with van der Waals surface area (Å²) < 4.78 is 23.2. The summed E-state index contributed by atoms with van der Waals surface area (Å²) in [6, 6.07) is 12.6. The van der Waals surface area contributed by atoms with Crippen molar-refractivity contribution < 1.29 is 13.2 Å². The third-order valence-corrected chi connectivity index (χ3v) is 7.55. The van der Waals surface area contributed by atoms with E-state index in [2.05, 4.69) is 39.0 Å². The fourth-order valence-corrected chi connectivity index (χ4v) is 5.38. The lowest BCUT2D eigenvalue weighted by atomic mass is 10.0. The monoisotopic (exact) mass is 428 g/mol. The molecule has 4 rings (SSSR count). The molecule has 1 atom stereocenters. The van der Waals surface area contributed by atoms with Crippen LogP contribution in [0.3, 0.4) is 0 Å². The number of pyridine rings is 1. The number of aromatic nitrogens is 1. The lowest BCUT2D eigenvalue weighted by Crippen LogP contribution is -2.43. The maximum absolute atomic E-state index is 12.7. The van der Waals surface area contributed by atoms with Crippen LogP contribution < -0.4 is 9.80 Å². The van der Waals surface area contributed by atoms with Crippen LogP contribution in [0.5, 0.6) is 0 Å². The minimum atomic E-state index is -3.01. The van der Waals surface area contributed by atoms with Crippen LogP contribution in [-0.2, 0) is 9.84 Å². The Morgan fingerprint density at radius 1 is 1.10 bits per heavy atom. The third-order valence-electron chi connectivity index (χ3n) is 5.94. The number of carbonyl (C=O) groups is 1. The second-order valence-electron chi connectivity index (χ2n) is 8.19. The number of sulfone groups is 1. The molecular formula is C22H28N4O3S. The molecule has 1 unspecified atom stereocenters. The van der Waals surface area contributed by atoms with Crippen molar-refractivity contribution in [3.05, 3.63) is 53.7 Å². The molecule has 0 spiro atoms. The van der Waals surface area contributed by atoms with Crippen molar-refractivity contribution in [3.8, 4) is 0 Å². The number of amides is 1. The van der Waals surface area contributed by atoms with Crippen LogP contribution in [0.15, 0.2) is 42.6 Å². The van der Waals surface area contributed by atoms with Crippen LogP contribution in [-0.4, -0.2) is 69.4 Å². The molecule has 2 aliphatic rings. The van der Waals surface area contributed by atoms with E-state index in [4.69, 9.17) is 0 Å². The highest BCUT2D eigenvalue weighted by atomic mass is 32.2. The zero-order valence-corrected chi connectivity index (χ0v) is 18.3. The number of nitrogens with zero attached hydrogens (tertiary/aromatic N) is 4. The summed E-state index contributed by atoms with van der Waals surface area (Å²) in [5.41, 5.74) is 2.95. The first kappa shape index (κ1) is 20.7. The summed E-state index contributed by atoms with van der Waals surface area (Å²) in [6.07, 6.45) is 3.79. The summed E-state index contributed by atoms with van der Waals surface area (Å²) in [7, 11) is 1.08. The van der Waals surface area contributed by atoms with E-state index in [1.54, 1.807) is 17.2 Å². The predicted octanol–water partition coefficient (Wildman–Crippen LogP) is 2.36. The van der Waals surface area contributed by atoms with Crippen molar-refractivity contribution in [1.29, 1.82) is 0 Å². The average molecular weight is 429 g/mol. The Balaban J connectivity index is 1.49. The molecule has 0 radical (unpaired) electrons. The number of hydrogen-bond acceptors (Lipinski definition) is 6. The molecule has 7 nitrogen and oxygen atoms in total. The lowest BCUT2D eigenvalue weighted by Gasteiger charge is -2.28. The molecule has 30 heavy (non-hydrogen) atoms. The average Bonchev–Trinajstić information content (AvgIpc) is 3.23. The highest BCUT2D eigenvalue weighted by Gasteiger charge is 2.29. The molecule has 0 aliphatic carbocycles. The first-order valence-electron chi connectivity index (χ1n) is 10.3. The van der Waals surface area contributed by atoms with Gasteiger partial charge in [0.2, 0.25) is 0 Å². The maximum Gasteiger partial charge on any atom is 0.255 e. The van der Waals surface area contributed by atoms with Crippen molar-refractivity contribution in [1.82, 2.24) is 9.88 Å². The van der Waals surface area contributed by atoms with Gasteiger partial charge in [0.15, 0.2) is 9.84 Å². The molecule has 1 aromatic carbocycles. The third kappa shape index (κ3) is 4.28. The Morgan fingerprint density at radius 2 is 1.87 bits per heavy atom. The number of benzene rings is 1. The van der Waals surface area contributed by atoms with Gasteiger partial charge in [-0.05, 0) is 42.7 Å². The van der Waals surface area contributed by atoms with Gasteiger partial charge < -0.3 is 14.7 Å². The van der Waals surface area contributed by atoms with E-state index in [0.29, 0.717) is 5.56 Å². The van der Waals surface area contributed by atoms with Gasteiger partial charge in [0, 0.05) is 45.6 Å². The Hall–Kier alpha value is -2.61. The normalized spacial score (nSPS) is 20.9. The van der Waals surface area contributed by atoms with E-state index in [9.17, 15) is 13.2 Å². The van der Waals surface area contributed by atoms with Gasteiger partial charge >= 0.3 is 0 Å². The number of hydrogen-bond donors (Lipinski definition) is 0.